The lowest BCUT2D eigenvalue weighted by molar-refractivity contribution is 0.288. The van der Waals surface area contributed by atoms with E-state index < -0.39 is 0 Å². The molecule has 0 saturated heterocycles. The SMILES string of the molecule is OCCCc1cc(Cl)cc2nc(-c3ccccc3Cl)oc12. The summed E-state index contributed by atoms with van der Waals surface area (Å²) in [6.07, 6.45) is 1.34. The summed E-state index contributed by atoms with van der Waals surface area (Å²) in [6.45, 7) is 0.125. The zero-order chi connectivity index (χ0) is 14.8. The second-order valence-electron chi connectivity index (χ2n) is 4.74. The van der Waals surface area contributed by atoms with Crippen molar-refractivity contribution in [3.63, 3.8) is 0 Å². The Morgan fingerprint density at radius 2 is 1.95 bits per heavy atom. The van der Waals surface area contributed by atoms with Crippen LogP contribution in [-0.4, -0.2) is 16.7 Å². The molecule has 2 aromatic carbocycles. The molecule has 0 atom stereocenters. The smallest absolute Gasteiger partial charge is 0.228 e. The van der Waals surface area contributed by atoms with Crippen molar-refractivity contribution in [2.24, 2.45) is 0 Å². The monoisotopic (exact) mass is 321 g/mol. The number of benzene rings is 2. The van der Waals surface area contributed by atoms with Gasteiger partial charge in [0.25, 0.3) is 0 Å². The highest BCUT2D eigenvalue weighted by Crippen LogP contribution is 2.32. The van der Waals surface area contributed by atoms with E-state index in [0.29, 0.717) is 39.9 Å². The maximum atomic E-state index is 8.99. The van der Waals surface area contributed by atoms with E-state index in [-0.39, 0.29) is 6.61 Å². The van der Waals surface area contributed by atoms with Crippen LogP contribution in [0.5, 0.6) is 0 Å². The van der Waals surface area contributed by atoms with Crippen LogP contribution in [0.15, 0.2) is 40.8 Å². The van der Waals surface area contributed by atoms with Gasteiger partial charge in [0.1, 0.15) is 5.52 Å². The summed E-state index contributed by atoms with van der Waals surface area (Å²) in [5.41, 5.74) is 3.09. The maximum absolute atomic E-state index is 8.99. The van der Waals surface area contributed by atoms with Crippen molar-refractivity contribution in [2.75, 3.05) is 6.61 Å². The van der Waals surface area contributed by atoms with E-state index in [0.717, 1.165) is 11.1 Å². The molecule has 0 amide bonds. The number of hydrogen-bond acceptors (Lipinski definition) is 3. The molecule has 1 aromatic heterocycles. The predicted octanol–water partition coefficient (Wildman–Crippen LogP) is 4.73. The van der Waals surface area contributed by atoms with Crippen LogP contribution >= 0.6 is 23.2 Å². The second-order valence-corrected chi connectivity index (χ2v) is 5.58. The van der Waals surface area contributed by atoms with Gasteiger partial charge < -0.3 is 9.52 Å². The molecule has 0 radical (unpaired) electrons. The molecule has 0 spiro atoms. The van der Waals surface area contributed by atoms with Crippen LogP contribution in [0.3, 0.4) is 0 Å². The fraction of sp³-hybridized carbons (Fsp3) is 0.188. The highest BCUT2D eigenvalue weighted by molar-refractivity contribution is 6.33. The van der Waals surface area contributed by atoms with Crippen LogP contribution in [0, 0.1) is 0 Å². The molecule has 0 saturated carbocycles. The van der Waals surface area contributed by atoms with Gasteiger partial charge in [-0.05, 0) is 42.7 Å². The fourth-order valence-corrected chi connectivity index (χ4v) is 2.72. The maximum Gasteiger partial charge on any atom is 0.228 e. The molecule has 0 fully saturated rings. The Morgan fingerprint density at radius 3 is 2.71 bits per heavy atom. The summed E-state index contributed by atoms with van der Waals surface area (Å²) >= 11 is 12.3. The molecule has 0 unspecified atom stereocenters. The summed E-state index contributed by atoms with van der Waals surface area (Å²) in [6, 6.07) is 11.0. The third kappa shape index (κ3) is 2.91. The van der Waals surface area contributed by atoms with Crippen molar-refractivity contribution >= 4 is 34.3 Å². The zero-order valence-electron chi connectivity index (χ0n) is 11.1. The number of aryl methyl sites for hydroxylation is 1. The number of oxazole rings is 1. The summed E-state index contributed by atoms with van der Waals surface area (Å²) in [5, 5.41) is 10.2. The van der Waals surface area contributed by atoms with Crippen molar-refractivity contribution in [2.45, 2.75) is 12.8 Å². The van der Waals surface area contributed by atoms with Crippen molar-refractivity contribution < 1.29 is 9.52 Å². The standard InChI is InChI=1S/C16H13Cl2NO2/c17-11-8-10(4-3-7-20)15-14(9-11)19-16(21-15)12-5-1-2-6-13(12)18/h1-2,5-6,8-9,20H,3-4,7H2. The molecule has 0 bridgehead atoms. The highest BCUT2D eigenvalue weighted by atomic mass is 35.5. The first kappa shape index (κ1) is 14.4. The summed E-state index contributed by atoms with van der Waals surface area (Å²) in [5.74, 6) is 0.475. The number of aliphatic hydroxyl groups is 1. The number of aromatic nitrogens is 1. The van der Waals surface area contributed by atoms with Crippen LogP contribution < -0.4 is 0 Å². The minimum Gasteiger partial charge on any atom is -0.436 e. The van der Waals surface area contributed by atoms with E-state index in [1.54, 1.807) is 12.1 Å². The number of halogens is 2. The van der Waals surface area contributed by atoms with E-state index in [1.807, 2.05) is 24.3 Å². The van der Waals surface area contributed by atoms with Crippen LogP contribution in [0.1, 0.15) is 12.0 Å². The van der Waals surface area contributed by atoms with Crippen LogP contribution in [0.4, 0.5) is 0 Å². The molecule has 0 aliphatic heterocycles. The van der Waals surface area contributed by atoms with Crippen LogP contribution in [0.2, 0.25) is 10.0 Å². The average Bonchev–Trinajstić information content (AvgIpc) is 2.88. The molecule has 21 heavy (non-hydrogen) atoms. The van der Waals surface area contributed by atoms with E-state index >= 15 is 0 Å². The zero-order valence-corrected chi connectivity index (χ0v) is 12.7. The van der Waals surface area contributed by atoms with Crippen molar-refractivity contribution in [1.82, 2.24) is 4.98 Å². The molecule has 0 aliphatic rings. The van der Waals surface area contributed by atoms with Gasteiger partial charge in [0.15, 0.2) is 5.58 Å². The van der Waals surface area contributed by atoms with E-state index in [4.69, 9.17) is 32.7 Å². The summed E-state index contributed by atoms with van der Waals surface area (Å²) < 4.78 is 5.88. The van der Waals surface area contributed by atoms with Crippen molar-refractivity contribution in [1.29, 1.82) is 0 Å². The molecular formula is C16H13Cl2NO2. The molecule has 3 nitrogen and oxygen atoms in total. The molecule has 108 valence electrons. The number of aliphatic hydroxyl groups excluding tert-OH is 1. The van der Waals surface area contributed by atoms with Gasteiger partial charge >= 0.3 is 0 Å². The van der Waals surface area contributed by atoms with Gasteiger partial charge in [-0.15, -0.1) is 0 Å². The second kappa shape index (κ2) is 6.06. The quantitative estimate of drug-likeness (QED) is 0.755. The van der Waals surface area contributed by atoms with Crippen LogP contribution in [-0.2, 0) is 6.42 Å². The van der Waals surface area contributed by atoms with Crippen molar-refractivity contribution in [3.8, 4) is 11.5 Å². The Bertz CT molecular complexity index is 783. The van der Waals surface area contributed by atoms with Crippen molar-refractivity contribution in [3.05, 3.63) is 52.0 Å². The van der Waals surface area contributed by atoms with Crippen LogP contribution in [0.25, 0.3) is 22.6 Å². The average molecular weight is 322 g/mol. The predicted molar refractivity (Wildman–Crippen MR) is 84.9 cm³/mol. The first-order valence-corrected chi connectivity index (χ1v) is 7.39. The van der Waals surface area contributed by atoms with Gasteiger partial charge in [-0.25, -0.2) is 4.98 Å². The van der Waals surface area contributed by atoms with Gasteiger partial charge in [-0.3, -0.25) is 0 Å². The van der Waals surface area contributed by atoms with E-state index in [1.165, 1.54) is 0 Å². The lowest BCUT2D eigenvalue weighted by Gasteiger charge is -2.01. The highest BCUT2D eigenvalue weighted by Gasteiger charge is 2.14. The number of hydrogen-bond donors (Lipinski definition) is 1. The van der Waals surface area contributed by atoms with E-state index in [2.05, 4.69) is 4.98 Å². The molecular weight excluding hydrogens is 309 g/mol. The topological polar surface area (TPSA) is 46.3 Å². The normalized spacial score (nSPS) is 11.2. The third-order valence-electron chi connectivity index (χ3n) is 3.24. The Labute approximate surface area is 132 Å². The van der Waals surface area contributed by atoms with Gasteiger partial charge in [-0.2, -0.15) is 0 Å². The first-order chi connectivity index (χ1) is 10.2. The molecule has 3 rings (SSSR count). The first-order valence-electron chi connectivity index (χ1n) is 6.64. The minimum absolute atomic E-state index is 0.125. The summed E-state index contributed by atoms with van der Waals surface area (Å²) in [7, 11) is 0. The molecule has 0 aliphatic carbocycles. The molecule has 5 heteroatoms. The van der Waals surface area contributed by atoms with Gasteiger partial charge in [0, 0.05) is 11.6 Å². The van der Waals surface area contributed by atoms with Gasteiger partial charge in [0.05, 0.1) is 10.6 Å². The Balaban J connectivity index is 2.13. The Kier molecular flexibility index (Phi) is 4.15. The molecule has 1 N–H and O–H groups in total. The number of rotatable bonds is 4. The lowest BCUT2D eigenvalue weighted by Crippen LogP contribution is -1.90. The largest absolute Gasteiger partial charge is 0.436 e. The number of fused-ring (bicyclic) bond motifs is 1. The van der Waals surface area contributed by atoms with E-state index in [9.17, 15) is 0 Å². The molecule has 1 heterocycles. The van der Waals surface area contributed by atoms with Gasteiger partial charge in [-0.1, -0.05) is 35.3 Å². The summed E-state index contributed by atoms with van der Waals surface area (Å²) in [4.78, 5) is 4.48. The minimum atomic E-state index is 0.125. The third-order valence-corrected chi connectivity index (χ3v) is 3.79. The number of nitrogens with zero attached hydrogens (tertiary/aromatic N) is 1. The molecule has 3 aromatic rings. The fourth-order valence-electron chi connectivity index (χ4n) is 2.27. The lowest BCUT2D eigenvalue weighted by atomic mass is 10.1. The van der Waals surface area contributed by atoms with Gasteiger partial charge in [0.2, 0.25) is 5.89 Å². The Morgan fingerprint density at radius 1 is 1.14 bits per heavy atom. The Hall–Kier alpha value is -1.55.